The summed E-state index contributed by atoms with van der Waals surface area (Å²) < 4.78 is 17.2. The molecule has 0 aliphatic carbocycles. The molecular weight excluding hydrogens is 206 g/mol. The van der Waals surface area contributed by atoms with E-state index < -0.39 is 7.37 Å². The van der Waals surface area contributed by atoms with E-state index in [1.807, 2.05) is 13.8 Å². The van der Waals surface area contributed by atoms with Gasteiger partial charge in [0.15, 0.2) is 0 Å². The molecule has 14 heavy (non-hydrogen) atoms. The molecule has 0 amide bonds. The van der Waals surface area contributed by atoms with Gasteiger partial charge in [0.1, 0.15) is 0 Å². The van der Waals surface area contributed by atoms with Gasteiger partial charge in [0.2, 0.25) is 7.37 Å². The third-order valence-electron chi connectivity index (χ3n) is 2.20. The molecule has 0 saturated carbocycles. The molecule has 0 N–H and O–H groups in total. The number of hydrogen-bond acceptors (Lipinski definition) is 2. The van der Waals surface area contributed by atoms with E-state index in [0.29, 0.717) is 12.8 Å². The molecule has 0 bridgehead atoms. The van der Waals surface area contributed by atoms with Gasteiger partial charge >= 0.3 is 29.6 Å². The Kier molecular flexibility index (Phi) is 13.4. The summed E-state index contributed by atoms with van der Waals surface area (Å²) in [5.74, 6) is 0. The molecule has 0 aromatic rings. The summed E-state index contributed by atoms with van der Waals surface area (Å²) in [6.45, 7) is 6.63. The van der Waals surface area contributed by atoms with Gasteiger partial charge in [-0.05, 0) is 13.3 Å². The van der Waals surface area contributed by atoms with E-state index in [9.17, 15) is 4.57 Å². The van der Waals surface area contributed by atoms with E-state index in [2.05, 4.69) is 6.92 Å². The van der Waals surface area contributed by atoms with E-state index in [0.717, 1.165) is 12.6 Å². The van der Waals surface area contributed by atoms with Crippen molar-refractivity contribution in [3.63, 3.8) is 0 Å². The Morgan fingerprint density at radius 1 is 1.07 bits per heavy atom. The number of rotatable bonds is 8. The molecule has 0 rings (SSSR count). The first-order chi connectivity index (χ1) is 6.18. The Labute approximate surface area is 111 Å². The van der Waals surface area contributed by atoms with E-state index in [4.69, 9.17) is 4.52 Å². The molecule has 0 aromatic heterocycles. The van der Waals surface area contributed by atoms with Gasteiger partial charge < -0.3 is 4.52 Å². The number of hydrogen-bond donors (Lipinski definition) is 0. The van der Waals surface area contributed by atoms with Gasteiger partial charge in [-0.25, -0.2) is 0 Å². The van der Waals surface area contributed by atoms with Gasteiger partial charge in [-0.1, -0.05) is 33.1 Å². The zero-order valence-electron chi connectivity index (χ0n) is 9.21. The van der Waals surface area contributed by atoms with Crippen molar-refractivity contribution in [3.8, 4) is 0 Å². The second-order valence-corrected chi connectivity index (χ2v) is 6.30. The maximum absolute atomic E-state index is 11.9. The Balaban J connectivity index is 0. The average Bonchev–Trinajstić information content (AvgIpc) is 2.13. The van der Waals surface area contributed by atoms with Crippen molar-refractivity contribution < 1.29 is 9.09 Å². The van der Waals surface area contributed by atoms with Crippen LogP contribution in [0.1, 0.15) is 46.5 Å². The Bertz CT molecular complexity index is 162. The van der Waals surface area contributed by atoms with Crippen LogP contribution in [-0.2, 0) is 9.09 Å². The normalized spacial score (nSPS) is 14.5. The Morgan fingerprint density at radius 3 is 2.14 bits per heavy atom. The van der Waals surface area contributed by atoms with Crippen molar-refractivity contribution in [2.75, 3.05) is 18.9 Å². The molecule has 4 heteroatoms. The van der Waals surface area contributed by atoms with Crippen LogP contribution in [-0.4, -0.2) is 48.5 Å². The monoisotopic (exact) mass is 230 g/mol. The zero-order valence-corrected chi connectivity index (χ0v) is 10.1. The minimum absolute atomic E-state index is 0. The van der Waals surface area contributed by atoms with Gasteiger partial charge in [-0.3, -0.25) is 4.57 Å². The molecule has 0 aliphatic heterocycles. The first-order valence-corrected chi connectivity index (χ1v) is 7.40. The predicted octanol–water partition coefficient (Wildman–Crippen LogP) is 3.25. The Morgan fingerprint density at radius 2 is 1.71 bits per heavy atom. The average molecular weight is 230 g/mol. The van der Waals surface area contributed by atoms with Gasteiger partial charge in [-0.2, -0.15) is 0 Å². The third-order valence-corrected chi connectivity index (χ3v) is 4.89. The minimum atomic E-state index is -2.24. The van der Waals surface area contributed by atoms with E-state index in [1.165, 1.54) is 19.3 Å². The van der Waals surface area contributed by atoms with Crippen LogP contribution in [0.2, 0.25) is 0 Å². The Hall–Kier alpha value is 1.19. The molecule has 1 unspecified atom stereocenters. The van der Waals surface area contributed by atoms with Crippen LogP contribution in [0.15, 0.2) is 0 Å². The van der Waals surface area contributed by atoms with Crippen LogP contribution in [0.4, 0.5) is 0 Å². The quantitative estimate of drug-likeness (QED) is 0.363. The van der Waals surface area contributed by atoms with E-state index in [-0.39, 0.29) is 29.6 Å². The maximum atomic E-state index is 11.9. The van der Waals surface area contributed by atoms with Gasteiger partial charge in [0, 0.05) is 12.3 Å². The van der Waals surface area contributed by atoms with Crippen molar-refractivity contribution >= 4 is 36.9 Å². The summed E-state index contributed by atoms with van der Waals surface area (Å²) in [4.78, 5) is 0. The van der Waals surface area contributed by atoms with Crippen LogP contribution in [0, 0.1) is 0 Å². The summed E-state index contributed by atoms with van der Waals surface area (Å²) in [5.41, 5.74) is 0. The van der Waals surface area contributed by atoms with Crippen LogP contribution in [0.3, 0.4) is 0 Å². The standard InChI is InChI=1S/C10H23O2P.Na.H/c1-4-7-8-9-10-13(11,6-3)12-5-2;;/h4-10H2,1-3H3;;. The van der Waals surface area contributed by atoms with Gasteiger partial charge in [-0.15, -0.1) is 0 Å². The van der Waals surface area contributed by atoms with Crippen molar-refractivity contribution in [2.45, 2.75) is 46.5 Å². The molecule has 0 radical (unpaired) electrons. The van der Waals surface area contributed by atoms with Crippen molar-refractivity contribution in [1.82, 2.24) is 0 Å². The first kappa shape index (κ1) is 17.6. The summed E-state index contributed by atoms with van der Waals surface area (Å²) in [6.07, 6.45) is 6.18. The summed E-state index contributed by atoms with van der Waals surface area (Å²) in [5, 5.41) is 0. The van der Waals surface area contributed by atoms with Gasteiger partial charge in [0.05, 0.1) is 6.61 Å². The zero-order chi connectivity index (χ0) is 10.2. The van der Waals surface area contributed by atoms with Gasteiger partial charge in [0.25, 0.3) is 0 Å². The molecule has 82 valence electrons. The fourth-order valence-corrected chi connectivity index (χ4v) is 3.13. The van der Waals surface area contributed by atoms with Crippen molar-refractivity contribution in [2.24, 2.45) is 0 Å². The number of unbranched alkanes of at least 4 members (excludes halogenated alkanes) is 3. The second kappa shape index (κ2) is 10.7. The van der Waals surface area contributed by atoms with E-state index in [1.54, 1.807) is 0 Å². The molecule has 0 saturated heterocycles. The third kappa shape index (κ3) is 8.49. The predicted molar refractivity (Wildman–Crippen MR) is 65.9 cm³/mol. The molecule has 0 aliphatic rings. The first-order valence-electron chi connectivity index (χ1n) is 5.41. The fourth-order valence-electron chi connectivity index (χ4n) is 1.33. The second-order valence-electron chi connectivity index (χ2n) is 3.33. The summed E-state index contributed by atoms with van der Waals surface area (Å²) in [7, 11) is -2.24. The molecule has 0 fully saturated rings. The van der Waals surface area contributed by atoms with Crippen LogP contribution in [0.5, 0.6) is 0 Å². The summed E-state index contributed by atoms with van der Waals surface area (Å²) in [6, 6.07) is 0. The van der Waals surface area contributed by atoms with E-state index >= 15 is 0 Å². The molecule has 0 spiro atoms. The molecule has 1 atom stereocenters. The molecule has 0 aromatic carbocycles. The SMILES string of the molecule is CCCCCCP(=O)(CC)OCC.[NaH]. The topological polar surface area (TPSA) is 26.3 Å². The molecular formula is C10H24NaO2P. The summed E-state index contributed by atoms with van der Waals surface area (Å²) >= 11 is 0. The molecule has 2 nitrogen and oxygen atoms in total. The fraction of sp³-hybridized carbons (Fsp3) is 1.00. The molecule has 0 heterocycles. The van der Waals surface area contributed by atoms with Crippen LogP contribution < -0.4 is 0 Å². The van der Waals surface area contributed by atoms with Crippen LogP contribution >= 0.6 is 7.37 Å². The van der Waals surface area contributed by atoms with Crippen LogP contribution in [0.25, 0.3) is 0 Å². The van der Waals surface area contributed by atoms with Crippen molar-refractivity contribution in [1.29, 1.82) is 0 Å². The van der Waals surface area contributed by atoms with Crippen molar-refractivity contribution in [3.05, 3.63) is 0 Å².